The molecule has 5 aromatic rings. The second kappa shape index (κ2) is 18.9. The van der Waals surface area contributed by atoms with Gasteiger partial charge in [-0.05, 0) is 116 Å². The van der Waals surface area contributed by atoms with Crippen molar-refractivity contribution in [3.8, 4) is 22.6 Å². The van der Waals surface area contributed by atoms with Gasteiger partial charge in [-0.3, -0.25) is 0 Å². The van der Waals surface area contributed by atoms with Crippen molar-refractivity contribution in [2.24, 2.45) is 0 Å². The van der Waals surface area contributed by atoms with E-state index in [2.05, 4.69) is 216 Å². The van der Waals surface area contributed by atoms with Crippen LogP contribution in [-0.4, -0.2) is 13.2 Å². The van der Waals surface area contributed by atoms with Crippen LogP contribution in [0.1, 0.15) is 235 Å². The van der Waals surface area contributed by atoms with E-state index in [4.69, 9.17) is 26.5 Å². The van der Waals surface area contributed by atoms with Gasteiger partial charge in [0.05, 0.1) is 13.2 Å². The standard InChI is InChI=1S/C62H92O6P2/c1-37-43(57(9,10)11)35-47(61(21,22)23)53(67-69-63-29-27-28-30-64-69)49(37)50-38(2)44(58(12,13)14)36-48(62(24,25)26)54(50)68-70-65-51-41(31-39(55(3,4)5)33-45(51)59(15,16)17)42-32-40(56(6,7)8)34-46(52(42)66-70)60(18,19)20/h31-36H,27-30H2,1-26H3. The fraction of sp³-hybridized carbons (Fsp3) is 0.613. The van der Waals surface area contributed by atoms with Gasteiger partial charge in [0.2, 0.25) is 0 Å². The van der Waals surface area contributed by atoms with Crippen LogP contribution >= 0.6 is 16.8 Å². The number of benzene rings is 4. The van der Waals surface area contributed by atoms with Crippen molar-refractivity contribution in [2.75, 3.05) is 13.2 Å². The second-order valence-electron chi connectivity index (χ2n) is 28.6. The van der Waals surface area contributed by atoms with Gasteiger partial charge in [0.25, 0.3) is 0 Å². The average Bonchev–Trinajstić information content (AvgIpc) is 3.51. The normalized spacial score (nSPS) is 15.5. The minimum absolute atomic E-state index is 0.125. The first-order valence-electron chi connectivity index (χ1n) is 26.0. The van der Waals surface area contributed by atoms with Gasteiger partial charge >= 0.3 is 16.8 Å². The Hall–Kier alpha value is -3.27. The van der Waals surface area contributed by atoms with Crippen LogP contribution in [0.3, 0.4) is 0 Å². The van der Waals surface area contributed by atoms with Gasteiger partial charge in [0, 0.05) is 44.2 Å². The van der Waals surface area contributed by atoms with Crippen LogP contribution in [0.15, 0.2) is 44.8 Å². The topological polar surface area (TPSA) is 63.2 Å². The molecule has 1 saturated heterocycles. The summed E-state index contributed by atoms with van der Waals surface area (Å²) in [5.41, 5.74) is 13.4. The fourth-order valence-electron chi connectivity index (χ4n) is 9.74. The highest BCUT2D eigenvalue weighted by atomic mass is 31.2. The summed E-state index contributed by atoms with van der Waals surface area (Å²) in [7, 11) is -3.85. The molecule has 0 N–H and O–H groups in total. The van der Waals surface area contributed by atoms with E-state index in [-0.39, 0.29) is 43.3 Å². The van der Waals surface area contributed by atoms with Crippen molar-refractivity contribution in [2.45, 2.75) is 236 Å². The van der Waals surface area contributed by atoms with Crippen molar-refractivity contribution in [3.05, 3.63) is 92.0 Å². The van der Waals surface area contributed by atoms with E-state index >= 15 is 0 Å². The summed E-state index contributed by atoms with van der Waals surface area (Å²) in [6.07, 6.45) is 1.86. The molecule has 0 atom stereocenters. The number of hydrogen-bond donors (Lipinski definition) is 0. The van der Waals surface area contributed by atoms with E-state index < -0.39 is 16.8 Å². The SMILES string of the molecule is Cc1c(C(C)(C)C)cc(C(C)(C)C)c(OP2OCCCCO2)c1-c1c(C)c(C(C)(C)C)cc(C(C)(C)C)c1Op1oc2c(C(C)(C)C)cc(C(C)(C)C)cc2c2cc(C(C)(C)C)cc(C(C)(C)C)c2o1. The maximum Gasteiger partial charge on any atom is 0.453 e. The Labute approximate surface area is 427 Å². The molecule has 0 saturated carbocycles. The van der Waals surface area contributed by atoms with Crippen LogP contribution in [0.4, 0.5) is 0 Å². The molecule has 386 valence electrons. The van der Waals surface area contributed by atoms with Crippen molar-refractivity contribution in [1.29, 1.82) is 0 Å². The Balaban J connectivity index is 1.93. The first-order valence-corrected chi connectivity index (χ1v) is 28.1. The third-order valence-electron chi connectivity index (χ3n) is 14.0. The van der Waals surface area contributed by atoms with Gasteiger partial charge in [0.1, 0.15) is 22.7 Å². The van der Waals surface area contributed by atoms with Gasteiger partial charge in [-0.15, -0.1) is 0 Å². The van der Waals surface area contributed by atoms with Gasteiger partial charge < -0.3 is 26.5 Å². The maximum absolute atomic E-state index is 7.85. The predicted molar refractivity (Wildman–Crippen MR) is 302 cm³/mol. The Bertz CT molecular complexity index is 2700. The van der Waals surface area contributed by atoms with Crippen molar-refractivity contribution < 1.29 is 26.5 Å². The predicted octanol–water partition coefficient (Wildman–Crippen LogP) is 20.2. The monoisotopic (exact) mass is 995 g/mol. The summed E-state index contributed by atoms with van der Waals surface area (Å²) in [5, 5.41) is 2.08. The molecule has 2 heterocycles. The van der Waals surface area contributed by atoms with Gasteiger partial charge in [0.15, 0.2) is 0 Å². The van der Waals surface area contributed by atoms with E-state index in [9.17, 15) is 0 Å². The lowest BCUT2D eigenvalue weighted by Gasteiger charge is -2.35. The molecule has 4 aromatic carbocycles. The minimum atomic E-state index is -2.16. The van der Waals surface area contributed by atoms with Crippen LogP contribution in [0.5, 0.6) is 11.5 Å². The molecule has 0 bridgehead atoms. The molecule has 70 heavy (non-hydrogen) atoms. The number of fused-ring (bicyclic) bond motifs is 3. The average molecular weight is 995 g/mol. The molecule has 1 aliphatic heterocycles. The highest BCUT2D eigenvalue weighted by molar-refractivity contribution is 7.42. The zero-order valence-corrected chi connectivity index (χ0v) is 50.4. The Kier molecular flexibility index (Phi) is 15.1. The third-order valence-corrected chi connectivity index (χ3v) is 16.1. The zero-order chi connectivity index (χ0) is 52.9. The van der Waals surface area contributed by atoms with E-state index in [0.717, 1.165) is 90.8 Å². The first kappa shape index (κ1) is 56.0. The van der Waals surface area contributed by atoms with E-state index in [1.165, 1.54) is 22.3 Å². The van der Waals surface area contributed by atoms with Crippen LogP contribution in [-0.2, 0) is 52.4 Å². The lowest BCUT2D eigenvalue weighted by atomic mass is 9.72. The minimum Gasteiger partial charge on any atom is -0.426 e. The zero-order valence-electron chi connectivity index (χ0n) is 48.6. The summed E-state index contributed by atoms with van der Waals surface area (Å²) >= 11 is 0. The lowest BCUT2D eigenvalue weighted by Crippen LogP contribution is -2.22. The molecule has 1 aliphatic rings. The maximum atomic E-state index is 7.85. The third kappa shape index (κ3) is 11.7. The second-order valence-corrected chi connectivity index (χ2v) is 30.7. The molecule has 6 nitrogen and oxygen atoms in total. The lowest BCUT2D eigenvalue weighted by molar-refractivity contribution is 0.239. The Morgan fingerprint density at radius 2 is 0.686 bits per heavy atom. The Morgan fingerprint density at radius 1 is 0.371 bits per heavy atom. The molecule has 0 spiro atoms. The summed E-state index contributed by atoms with van der Waals surface area (Å²) in [5.74, 6) is 1.53. The Morgan fingerprint density at radius 3 is 0.986 bits per heavy atom. The van der Waals surface area contributed by atoms with E-state index in [1.54, 1.807) is 0 Å². The van der Waals surface area contributed by atoms with E-state index in [1.807, 2.05) is 0 Å². The first-order chi connectivity index (χ1) is 31.6. The quantitative estimate of drug-likeness (QED) is 0.164. The number of hydrogen-bond acceptors (Lipinski definition) is 6. The largest absolute Gasteiger partial charge is 0.453 e. The van der Waals surface area contributed by atoms with Gasteiger partial charge in [-0.25, -0.2) is 0 Å². The smallest absolute Gasteiger partial charge is 0.426 e. The summed E-state index contributed by atoms with van der Waals surface area (Å²) < 4.78 is 43.1. The van der Waals surface area contributed by atoms with Gasteiger partial charge in [-0.1, -0.05) is 190 Å². The molecular weight excluding hydrogens is 903 g/mol. The highest BCUT2D eigenvalue weighted by Crippen LogP contribution is 2.58. The molecule has 6 rings (SSSR count). The molecule has 0 unspecified atom stereocenters. The van der Waals surface area contributed by atoms with Crippen molar-refractivity contribution in [3.63, 3.8) is 0 Å². The van der Waals surface area contributed by atoms with Gasteiger partial charge in [-0.2, -0.15) is 0 Å². The van der Waals surface area contributed by atoms with Crippen LogP contribution < -0.4 is 9.05 Å². The molecule has 1 fully saturated rings. The molecule has 0 radical (unpaired) electrons. The molecule has 8 heteroatoms. The highest BCUT2D eigenvalue weighted by Gasteiger charge is 2.38. The summed E-state index contributed by atoms with van der Waals surface area (Å²) in [6.45, 7) is 60.8. The van der Waals surface area contributed by atoms with Crippen molar-refractivity contribution in [1.82, 2.24) is 0 Å². The van der Waals surface area contributed by atoms with Crippen LogP contribution in [0, 0.1) is 13.8 Å². The molecular formula is C62H92O6P2. The van der Waals surface area contributed by atoms with Crippen molar-refractivity contribution >= 4 is 38.8 Å². The summed E-state index contributed by atoms with van der Waals surface area (Å²) in [4.78, 5) is 0. The molecule has 0 aliphatic carbocycles. The molecule has 1 aromatic heterocycles. The van der Waals surface area contributed by atoms with E-state index in [0.29, 0.717) is 13.2 Å². The van der Waals surface area contributed by atoms with Crippen LogP contribution in [0.25, 0.3) is 33.1 Å². The summed E-state index contributed by atoms with van der Waals surface area (Å²) in [6, 6.07) is 14.2. The number of rotatable bonds is 5. The fourth-order valence-corrected chi connectivity index (χ4v) is 12.0. The molecule has 0 amide bonds. The van der Waals surface area contributed by atoms with Crippen LogP contribution in [0.2, 0.25) is 0 Å².